The van der Waals surface area contributed by atoms with E-state index < -0.39 is 0 Å². The minimum atomic E-state index is -0.0191. The van der Waals surface area contributed by atoms with E-state index in [1.54, 1.807) is 0 Å². The molecule has 1 aliphatic heterocycles. The normalized spacial score (nSPS) is 18.8. The van der Waals surface area contributed by atoms with Crippen molar-refractivity contribution in [3.63, 3.8) is 0 Å². The number of urea groups is 1. The molecule has 2 N–H and O–H groups in total. The molecule has 2 amide bonds. The lowest BCUT2D eigenvalue weighted by atomic mass is 10.2. The molecule has 0 atom stereocenters. The van der Waals surface area contributed by atoms with Crippen molar-refractivity contribution < 1.29 is 4.79 Å². The largest absolute Gasteiger partial charge is 0.338 e. The Morgan fingerprint density at radius 3 is 2.75 bits per heavy atom. The van der Waals surface area contributed by atoms with Crippen molar-refractivity contribution in [3.8, 4) is 0 Å². The lowest BCUT2D eigenvalue weighted by Crippen LogP contribution is -2.43. The van der Waals surface area contributed by atoms with Gasteiger partial charge >= 0.3 is 6.03 Å². The molecule has 0 aromatic heterocycles. The Hall–Kier alpha value is -0.380. The molecule has 3 nitrogen and oxygen atoms in total. The zero-order chi connectivity index (χ0) is 8.81. The van der Waals surface area contributed by atoms with E-state index in [-0.39, 0.29) is 6.03 Å². The maximum absolute atomic E-state index is 11.1. The lowest BCUT2D eigenvalue weighted by Gasteiger charge is -2.22. The summed E-state index contributed by atoms with van der Waals surface area (Å²) in [7, 11) is 0. The van der Waals surface area contributed by atoms with Gasteiger partial charge in [-0.3, -0.25) is 0 Å². The van der Waals surface area contributed by atoms with Crippen molar-refractivity contribution in [2.45, 2.75) is 25.8 Å². The van der Waals surface area contributed by atoms with Crippen LogP contribution in [0.25, 0.3) is 0 Å². The summed E-state index contributed by atoms with van der Waals surface area (Å²) in [5.41, 5.74) is 0. The highest BCUT2D eigenvalue weighted by atomic mass is 32.2. The van der Waals surface area contributed by atoms with Gasteiger partial charge in [0.25, 0.3) is 0 Å². The van der Waals surface area contributed by atoms with Gasteiger partial charge in [-0.25, -0.2) is 4.79 Å². The number of hydrogen-bond acceptors (Lipinski definition) is 2. The molecule has 0 unspecified atom stereocenters. The van der Waals surface area contributed by atoms with Crippen LogP contribution in [0.2, 0.25) is 0 Å². The first-order valence-electron chi connectivity index (χ1n) is 4.45. The van der Waals surface area contributed by atoms with E-state index in [1.807, 2.05) is 18.7 Å². The number of rotatable bonds is 2. The predicted molar refractivity (Wildman–Crippen MR) is 52.6 cm³/mol. The summed E-state index contributed by atoms with van der Waals surface area (Å²) in [6.45, 7) is 2.63. The first kappa shape index (κ1) is 9.71. The standard InChI is InChI=1S/C8H16N2OS/c1-2-9-8(11)10-7-3-5-12-6-4-7/h7H,2-6H2,1H3,(H2,9,10,11). The Bertz CT molecular complexity index is 146. The average Bonchev–Trinajstić information content (AvgIpc) is 2.06. The van der Waals surface area contributed by atoms with Crippen molar-refractivity contribution in [2.75, 3.05) is 18.1 Å². The van der Waals surface area contributed by atoms with Crippen LogP contribution in [0.1, 0.15) is 19.8 Å². The number of amides is 2. The number of carbonyl (C=O) groups is 1. The minimum absolute atomic E-state index is 0.0191. The van der Waals surface area contributed by atoms with Gasteiger partial charge in [-0.15, -0.1) is 0 Å². The number of thioether (sulfide) groups is 1. The molecule has 0 saturated carbocycles. The maximum atomic E-state index is 11.1. The second kappa shape index (κ2) is 5.30. The van der Waals surface area contributed by atoms with Crippen LogP contribution in [0.4, 0.5) is 4.79 Å². The van der Waals surface area contributed by atoms with Gasteiger partial charge in [0, 0.05) is 12.6 Å². The molecule has 12 heavy (non-hydrogen) atoms. The molecule has 70 valence electrons. The predicted octanol–water partition coefficient (Wildman–Crippen LogP) is 1.20. The summed E-state index contributed by atoms with van der Waals surface area (Å²) in [5.74, 6) is 2.36. The number of nitrogens with one attached hydrogen (secondary N) is 2. The zero-order valence-electron chi connectivity index (χ0n) is 7.43. The van der Waals surface area contributed by atoms with Crippen LogP contribution < -0.4 is 10.6 Å². The third-order valence-corrected chi connectivity index (χ3v) is 2.94. The zero-order valence-corrected chi connectivity index (χ0v) is 8.25. The van der Waals surface area contributed by atoms with Crippen molar-refractivity contribution in [1.29, 1.82) is 0 Å². The molecule has 1 heterocycles. The van der Waals surface area contributed by atoms with E-state index in [1.165, 1.54) is 11.5 Å². The number of hydrogen-bond donors (Lipinski definition) is 2. The third kappa shape index (κ3) is 3.34. The van der Waals surface area contributed by atoms with E-state index in [0.29, 0.717) is 12.6 Å². The Morgan fingerprint density at radius 2 is 2.17 bits per heavy atom. The van der Waals surface area contributed by atoms with Gasteiger partial charge in [0.05, 0.1) is 0 Å². The summed E-state index contributed by atoms with van der Waals surface area (Å²) in [5, 5.41) is 5.69. The lowest BCUT2D eigenvalue weighted by molar-refractivity contribution is 0.236. The SMILES string of the molecule is CCNC(=O)NC1CCSCC1. The molecule has 4 heteroatoms. The van der Waals surface area contributed by atoms with Gasteiger partial charge < -0.3 is 10.6 Å². The van der Waals surface area contributed by atoms with Crippen molar-refractivity contribution >= 4 is 17.8 Å². The van der Waals surface area contributed by atoms with E-state index in [4.69, 9.17) is 0 Å². The highest BCUT2D eigenvalue weighted by Gasteiger charge is 2.14. The molecule has 0 bridgehead atoms. The Kier molecular flexibility index (Phi) is 4.29. The third-order valence-electron chi connectivity index (χ3n) is 1.89. The second-order valence-electron chi connectivity index (χ2n) is 2.89. The highest BCUT2D eigenvalue weighted by molar-refractivity contribution is 7.99. The van der Waals surface area contributed by atoms with E-state index in [9.17, 15) is 4.79 Å². The van der Waals surface area contributed by atoms with Gasteiger partial charge in [-0.2, -0.15) is 11.8 Å². The second-order valence-corrected chi connectivity index (χ2v) is 4.12. The van der Waals surface area contributed by atoms with Crippen molar-refractivity contribution in [1.82, 2.24) is 10.6 Å². The molecular formula is C8H16N2OS. The monoisotopic (exact) mass is 188 g/mol. The van der Waals surface area contributed by atoms with E-state index in [2.05, 4.69) is 10.6 Å². The van der Waals surface area contributed by atoms with Gasteiger partial charge in [-0.05, 0) is 31.3 Å². The smallest absolute Gasteiger partial charge is 0.314 e. The Labute approximate surface area is 77.7 Å². The molecular weight excluding hydrogens is 172 g/mol. The minimum Gasteiger partial charge on any atom is -0.338 e. The van der Waals surface area contributed by atoms with Crippen LogP contribution in [0, 0.1) is 0 Å². The van der Waals surface area contributed by atoms with Gasteiger partial charge in [-0.1, -0.05) is 0 Å². The molecule has 0 aromatic rings. The highest BCUT2D eigenvalue weighted by Crippen LogP contribution is 2.16. The average molecular weight is 188 g/mol. The summed E-state index contributed by atoms with van der Waals surface area (Å²) in [4.78, 5) is 11.1. The van der Waals surface area contributed by atoms with Crippen LogP contribution in [0.5, 0.6) is 0 Å². The summed E-state index contributed by atoms with van der Waals surface area (Å²) < 4.78 is 0. The van der Waals surface area contributed by atoms with Crippen molar-refractivity contribution in [2.24, 2.45) is 0 Å². The fourth-order valence-corrected chi connectivity index (χ4v) is 2.35. The molecule has 1 saturated heterocycles. The molecule has 1 fully saturated rings. The van der Waals surface area contributed by atoms with Crippen LogP contribution >= 0.6 is 11.8 Å². The molecule has 1 aliphatic rings. The Morgan fingerprint density at radius 1 is 1.50 bits per heavy atom. The van der Waals surface area contributed by atoms with Crippen molar-refractivity contribution in [3.05, 3.63) is 0 Å². The summed E-state index contributed by atoms with van der Waals surface area (Å²) >= 11 is 1.97. The van der Waals surface area contributed by atoms with Crippen LogP contribution in [-0.2, 0) is 0 Å². The van der Waals surface area contributed by atoms with Crippen LogP contribution in [0.15, 0.2) is 0 Å². The van der Waals surface area contributed by atoms with Crippen LogP contribution in [-0.4, -0.2) is 30.1 Å². The molecule has 0 aromatic carbocycles. The van der Waals surface area contributed by atoms with Gasteiger partial charge in [0.1, 0.15) is 0 Å². The first-order valence-corrected chi connectivity index (χ1v) is 5.60. The van der Waals surface area contributed by atoms with Crippen LogP contribution in [0.3, 0.4) is 0 Å². The number of carbonyl (C=O) groups excluding carboxylic acids is 1. The Balaban J connectivity index is 2.15. The fourth-order valence-electron chi connectivity index (χ4n) is 1.24. The quantitative estimate of drug-likeness (QED) is 0.683. The molecule has 0 aliphatic carbocycles. The summed E-state index contributed by atoms with van der Waals surface area (Å²) in [6, 6.07) is 0.382. The fraction of sp³-hybridized carbons (Fsp3) is 0.875. The molecule has 1 rings (SSSR count). The van der Waals surface area contributed by atoms with Gasteiger partial charge in [0.2, 0.25) is 0 Å². The molecule has 0 spiro atoms. The van der Waals surface area contributed by atoms with E-state index in [0.717, 1.165) is 12.8 Å². The maximum Gasteiger partial charge on any atom is 0.314 e. The molecule has 0 radical (unpaired) electrons. The van der Waals surface area contributed by atoms with Gasteiger partial charge in [0.15, 0.2) is 0 Å². The topological polar surface area (TPSA) is 41.1 Å². The summed E-state index contributed by atoms with van der Waals surface area (Å²) in [6.07, 6.45) is 2.23. The first-order chi connectivity index (χ1) is 5.83. The van der Waals surface area contributed by atoms with E-state index >= 15 is 0 Å².